The van der Waals surface area contributed by atoms with Crippen LogP contribution < -0.4 is 0 Å². The van der Waals surface area contributed by atoms with Gasteiger partial charge in [-0.15, -0.1) is 0 Å². The van der Waals surface area contributed by atoms with Crippen LogP contribution in [0.3, 0.4) is 0 Å². The molecule has 6 nitrogen and oxygen atoms in total. The maximum atomic E-state index is 13.7. The second kappa shape index (κ2) is 8.22. The number of halogens is 2. The summed E-state index contributed by atoms with van der Waals surface area (Å²) in [6, 6.07) is 10.0. The average Bonchev–Trinajstić information content (AvgIpc) is 3.13. The SMILES string of the molecule is COC(=O)c1ccc(/C=N/OCc2coc(-c3c(F)cccc3F)n2)cc1. The molecule has 2 aromatic carbocycles. The van der Waals surface area contributed by atoms with Crippen molar-refractivity contribution < 1.29 is 27.6 Å². The molecule has 0 aliphatic heterocycles. The number of hydrogen-bond acceptors (Lipinski definition) is 6. The predicted octanol–water partition coefficient (Wildman–Crippen LogP) is 3.96. The van der Waals surface area contributed by atoms with Gasteiger partial charge in [0, 0.05) is 0 Å². The second-order valence-electron chi connectivity index (χ2n) is 5.36. The summed E-state index contributed by atoms with van der Waals surface area (Å²) in [5.41, 5.74) is 1.12. The van der Waals surface area contributed by atoms with Gasteiger partial charge in [-0.3, -0.25) is 0 Å². The third kappa shape index (κ3) is 4.35. The van der Waals surface area contributed by atoms with Crippen molar-refractivity contribution in [3.63, 3.8) is 0 Å². The number of esters is 1. The van der Waals surface area contributed by atoms with E-state index in [-0.39, 0.29) is 18.1 Å². The van der Waals surface area contributed by atoms with Gasteiger partial charge in [-0.05, 0) is 29.8 Å². The zero-order valence-corrected chi connectivity index (χ0v) is 14.2. The molecule has 0 aliphatic carbocycles. The maximum Gasteiger partial charge on any atom is 0.337 e. The highest BCUT2D eigenvalue weighted by Crippen LogP contribution is 2.25. The quantitative estimate of drug-likeness (QED) is 0.372. The van der Waals surface area contributed by atoms with Crippen molar-refractivity contribution >= 4 is 12.2 Å². The van der Waals surface area contributed by atoms with Crippen LogP contribution in [0.4, 0.5) is 8.78 Å². The van der Waals surface area contributed by atoms with Gasteiger partial charge in [-0.1, -0.05) is 23.4 Å². The van der Waals surface area contributed by atoms with Crippen LogP contribution in [0.15, 0.2) is 58.3 Å². The van der Waals surface area contributed by atoms with Crippen molar-refractivity contribution in [2.45, 2.75) is 6.61 Å². The van der Waals surface area contributed by atoms with Gasteiger partial charge < -0.3 is 14.0 Å². The highest BCUT2D eigenvalue weighted by Gasteiger charge is 2.16. The number of carbonyl (C=O) groups is 1. The normalized spacial score (nSPS) is 10.9. The molecular formula is C19H14F2N2O4. The van der Waals surface area contributed by atoms with E-state index in [2.05, 4.69) is 14.9 Å². The first-order valence-corrected chi connectivity index (χ1v) is 7.81. The molecule has 0 unspecified atom stereocenters. The Kier molecular flexibility index (Phi) is 5.55. The Morgan fingerprint density at radius 2 is 1.89 bits per heavy atom. The molecule has 0 fully saturated rings. The minimum atomic E-state index is -0.766. The summed E-state index contributed by atoms with van der Waals surface area (Å²) in [5.74, 6) is -2.13. The van der Waals surface area contributed by atoms with Crippen LogP contribution in [-0.4, -0.2) is 24.3 Å². The summed E-state index contributed by atoms with van der Waals surface area (Å²) in [6.45, 7) is -0.0453. The zero-order chi connectivity index (χ0) is 19.2. The Hall–Kier alpha value is -3.55. The van der Waals surface area contributed by atoms with Crippen LogP contribution in [-0.2, 0) is 16.2 Å². The first kappa shape index (κ1) is 18.2. The van der Waals surface area contributed by atoms with Gasteiger partial charge in [-0.2, -0.15) is 0 Å². The number of oxazole rings is 1. The minimum Gasteiger partial charge on any atom is -0.465 e. The van der Waals surface area contributed by atoms with Crippen molar-refractivity contribution in [2.24, 2.45) is 5.16 Å². The first-order valence-electron chi connectivity index (χ1n) is 7.81. The Bertz CT molecular complexity index is 948. The Labute approximate surface area is 153 Å². The number of rotatable bonds is 6. The summed E-state index contributed by atoms with van der Waals surface area (Å²) >= 11 is 0. The largest absolute Gasteiger partial charge is 0.465 e. The van der Waals surface area contributed by atoms with E-state index in [0.717, 1.165) is 12.1 Å². The Balaban J connectivity index is 1.59. The van der Waals surface area contributed by atoms with Gasteiger partial charge in [0.1, 0.15) is 29.2 Å². The lowest BCUT2D eigenvalue weighted by molar-refractivity contribution is 0.0600. The molecule has 0 saturated carbocycles. The lowest BCUT2D eigenvalue weighted by Crippen LogP contribution is -2.00. The summed E-state index contributed by atoms with van der Waals surface area (Å²) < 4.78 is 37.2. The van der Waals surface area contributed by atoms with Crippen LogP contribution in [0.25, 0.3) is 11.5 Å². The molecule has 27 heavy (non-hydrogen) atoms. The van der Waals surface area contributed by atoms with Gasteiger partial charge >= 0.3 is 5.97 Å². The summed E-state index contributed by atoms with van der Waals surface area (Å²) in [5, 5.41) is 3.78. The van der Waals surface area contributed by atoms with Gasteiger partial charge in [0.25, 0.3) is 0 Å². The molecule has 3 rings (SSSR count). The molecule has 0 radical (unpaired) electrons. The number of carbonyl (C=O) groups excluding carboxylic acids is 1. The fraction of sp³-hybridized carbons (Fsp3) is 0.105. The molecule has 8 heteroatoms. The fourth-order valence-corrected chi connectivity index (χ4v) is 2.21. The van der Waals surface area contributed by atoms with Gasteiger partial charge in [0.15, 0.2) is 6.61 Å². The molecule has 0 spiro atoms. The van der Waals surface area contributed by atoms with E-state index in [1.165, 1.54) is 25.7 Å². The maximum absolute atomic E-state index is 13.7. The number of oxime groups is 1. The van der Waals surface area contributed by atoms with E-state index < -0.39 is 17.6 Å². The zero-order valence-electron chi connectivity index (χ0n) is 14.2. The third-order valence-corrected chi connectivity index (χ3v) is 3.55. The first-order chi connectivity index (χ1) is 13.1. The predicted molar refractivity (Wildman–Crippen MR) is 92.0 cm³/mol. The molecule has 1 heterocycles. The van der Waals surface area contributed by atoms with Crippen LogP contribution in [0, 0.1) is 11.6 Å². The molecule has 3 aromatic rings. The number of benzene rings is 2. The molecule has 1 aromatic heterocycles. The van der Waals surface area contributed by atoms with E-state index in [1.54, 1.807) is 24.3 Å². The molecular weight excluding hydrogens is 358 g/mol. The van der Waals surface area contributed by atoms with E-state index in [0.29, 0.717) is 16.8 Å². The van der Waals surface area contributed by atoms with E-state index in [9.17, 15) is 13.6 Å². The van der Waals surface area contributed by atoms with E-state index in [4.69, 9.17) is 9.25 Å². The molecule has 0 N–H and O–H groups in total. The van der Waals surface area contributed by atoms with E-state index >= 15 is 0 Å². The Morgan fingerprint density at radius 3 is 2.56 bits per heavy atom. The molecule has 0 saturated heterocycles. The number of hydrogen-bond donors (Lipinski definition) is 0. The number of ether oxygens (including phenoxy) is 1. The van der Waals surface area contributed by atoms with Crippen LogP contribution >= 0.6 is 0 Å². The van der Waals surface area contributed by atoms with Crippen LogP contribution in [0.2, 0.25) is 0 Å². The number of nitrogens with zero attached hydrogens (tertiary/aromatic N) is 2. The number of aromatic nitrogens is 1. The van der Waals surface area contributed by atoms with E-state index in [1.807, 2.05) is 0 Å². The minimum absolute atomic E-state index is 0.0453. The van der Waals surface area contributed by atoms with Gasteiger partial charge in [0.2, 0.25) is 5.89 Å². The molecule has 0 bridgehead atoms. The monoisotopic (exact) mass is 372 g/mol. The number of methoxy groups -OCH3 is 1. The van der Waals surface area contributed by atoms with Crippen molar-refractivity contribution in [1.82, 2.24) is 4.98 Å². The lowest BCUT2D eigenvalue weighted by Gasteiger charge is -1.99. The summed E-state index contributed by atoms with van der Waals surface area (Å²) in [7, 11) is 1.31. The topological polar surface area (TPSA) is 73.9 Å². The molecule has 0 aliphatic rings. The Morgan fingerprint density at radius 1 is 1.19 bits per heavy atom. The molecule has 0 atom stereocenters. The standard InChI is InChI=1S/C19H14F2N2O4/c1-25-19(24)13-7-5-12(6-8-13)9-22-27-11-14-10-26-18(23-14)17-15(20)3-2-4-16(17)21/h2-10H,11H2,1H3/b22-9+. The smallest absolute Gasteiger partial charge is 0.337 e. The van der Waals surface area contributed by atoms with Crippen molar-refractivity contribution in [3.05, 3.63) is 77.2 Å². The molecule has 0 amide bonds. The second-order valence-corrected chi connectivity index (χ2v) is 5.36. The summed E-state index contributed by atoms with van der Waals surface area (Å²) in [6.07, 6.45) is 2.68. The average molecular weight is 372 g/mol. The molecule has 138 valence electrons. The van der Waals surface area contributed by atoms with Crippen molar-refractivity contribution in [3.8, 4) is 11.5 Å². The highest BCUT2D eigenvalue weighted by molar-refractivity contribution is 5.90. The van der Waals surface area contributed by atoms with Gasteiger partial charge in [-0.25, -0.2) is 18.6 Å². The lowest BCUT2D eigenvalue weighted by atomic mass is 10.1. The van der Waals surface area contributed by atoms with Crippen LogP contribution in [0.5, 0.6) is 0 Å². The third-order valence-electron chi connectivity index (χ3n) is 3.55. The van der Waals surface area contributed by atoms with Crippen LogP contribution in [0.1, 0.15) is 21.6 Å². The fourth-order valence-electron chi connectivity index (χ4n) is 2.21. The summed E-state index contributed by atoms with van der Waals surface area (Å²) in [4.78, 5) is 20.4. The van der Waals surface area contributed by atoms with Crippen molar-refractivity contribution in [2.75, 3.05) is 7.11 Å². The van der Waals surface area contributed by atoms with Gasteiger partial charge in [0.05, 0.1) is 18.9 Å². The van der Waals surface area contributed by atoms with Crippen molar-refractivity contribution in [1.29, 1.82) is 0 Å². The highest BCUT2D eigenvalue weighted by atomic mass is 19.1.